The van der Waals surface area contributed by atoms with Crippen LogP contribution in [0.15, 0.2) is 95.0 Å². The highest BCUT2D eigenvalue weighted by Gasteiger charge is 2.37. The molecule has 0 atom stereocenters. The third kappa shape index (κ3) is 7.25. The number of sulfone groups is 1. The third-order valence-corrected chi connectivity index (χ3v) is 9.56. The largest absolute Gasteiger partial charge is 0.487 e. The first-order valence-corrected chi connectivity index (χ1v) is 16.5. The number of benzene rings is 2. The molecule has 0 fully saturated rings. The molecule has 0 amide bonds. The van der Waals surface area contributed by atoms with Crippen LogP contribution in [0.2, 0.25) is 0 Å². The first-order valence-electron chi connectivity index (χ1n) is 15.0. The van der Waals surface area contributed by atoms with Gasteiger partial charge in [0.15, 0.2) is 0 Å². The topological polar surface area (TPSA) is 128 Å². The highest BCUT2D eigenvalue weighted by Crippen LogP contribution is 2.40. The summed E-state index contributed by atoms with van der Waals surface area (Å²) < 4.78 is 49.9. The number of aliphatic carboxylic acids is 1. The fraction of sp³-hybridized carbons (Fsp3) is 0.278. The lowest BCUT2D eigenvalue weighted by Crippen LogP contribution is -2.30. The molecule has 5 aromatic rings. The molecule has 0 radical (unpaired) electrons. The number of hydrogen-bond acceptors (Lipinski definition) is 7. The van der Waals surface area contributed by atoms with Crippen molar-refractivity contribution >= 4 is 32.6 Å². The van der Waals surface area contributed by atoms with Crippen LogP contribution in [0, 0.1) is 16.6 Å². The van der Waals surface area contributed by atoms with Gasteiger partial charge in [-0.2, -0.15) is 0 Å². The van der Waals surface area contributed by atoms with Gasteiger partial charge in [-0.1, -0.05) is 39.0 Å². The van der Waals surface area contributed by atoms with E-state index in [9.17, 15) is 27.5 Å². The molecular formula is C36H36FN3O6S. The minimum absolute atomic E-state index is 0.0597. The normalized spacial score (nSPS) is 12.3. The van der Waals surface area contributed by atoms with Crippen molar-refractivity contribution in [2.24, 2.45) is 10.8 Å². The Kier molecular flexibility index (Phi) is 9.05. The molecule has 5 rings (SSSR count). The first kappa shape index (κ1) is 33.5. The number of carbonyl (C=O) groups is 2. The van der Waals surface area contributed by atoms with Crippen molar-refractivity contribution in [1.29, 1.82) is 0 Å². The molecule has 3 aromatic heterocycles. The Labute approximate surface area is 273 Å². The van der Waals surface area contributed by atoms with E-state index in [1.807, 2.05) is 32.9 Å². The molecule has 0 bridgehead atoms. The summed E-state index contributed by atoms with van der Waals surface area (Å²) in [6, 6.07) is 19.0. The van der Waals surface area contributed by atoms with Crippen molar-refractivity contribution in [3.8, 4) is 17.0 Å². The minimum Gasteiger partial charge on any atom is -0.487 e. The zero-order valence-corrected chi connectivity index (χ0v) is 27.6. The van der Waals surface area contributed by atoms with E-state index in [2.05, 4.69) is 9.97 Å². The molecule has 1 N–H and O–H groups in total. The number of hydrogen-bond donors (Lipinski definition) is 1. The molecule has 0 aliphatic carbocycles. The number of aromatic nitrogens is 3. The van der Waals surface area contributed by atoms with Crippen LogP contribution >= 0.6 is 0 Å². The quantitative estimate of drug-likeness (QED) is 0.165. The number of rotatable bonds is 10. The molecular weight excluding hydrogens is 621 g/mol. The van der Waals surface area contributed by atoms with Gasteiger partial charge in [-0.05, 0) is 67.8 Å². The van der Waals surface area contributed by atoms with Gasteiger partial charge in [-0.25, -0.2) is 12.8 Å². The van der Waals surface area contributed by atoms with E-state index in [-0.39, 0.29) is 46.2 Å². The van der Waals surface area contributed by atoms with Crippen molar-refractivity contribution in [2.75, 3.05) is 0 Å². The van der Waals surface area contributed by atoms with Crippen LogP contribution in [0.1, 0.15) is 57.2 Å². The number of ether oxygens (including phenoxy) is 1. The van der Waals surface area contributed by atoms with Crippen LogP contribution in [0.25, 0.3) is 22.2 Å². The van der Waals surface area contributed by atoms with Gasteiger partial charge in [0.1, 0.15) is 23.1 Å². The average molecular weight is 658 g/mol. The van der Waals surface area contributed by atoms with Gasteiger partial charge in [-0.3, -0.25) is 24.1 Å². The molecule has 11 heteroatoms. The van der Waals surface area contributed by atoms with Gasteiger partial charge in [0, 0.05) is 41.7 Å². The molecule has 0 spiro atoms. The second-order valence-electron chi connectivity index (χ2n) is 13.3. The predicted octanol–water partition coefficient (Wildman–Crippen LogP) is 7.38. The van der Waals surface area contributed by atoms with E-state index in [1.165, 1.54) is 42.7 Å². The van der Waals surface area contributed by atoms with E-state index < -0.39 is 32.5 Å². The third-order valence-electron chi connectivity index (χ3n) is 7.68. The lowest BCUT2D eigenvalue weighted by molar-refractivity contribution is -0.146. The molecule has 0 aliphatic rings. The number of pyridine rings is 2. The number of carboxylic acids is 1. The van der Waals surface area contributed by atoms with E-state index in [0.29, 0.717) is 28.2 Å². The number of nitrogens with zero attached hydrogens (tertiary/aromatic N) is 3. The van der Waals surface area contributed by atoms with Gasteiger partial charge in [-0.15, -0.1) is 0 Å². The number of halogens is 1. The van der Waals surface area contributed by atoms with E-state index >= 15 is 0 Å². The lowest BCUT2D eigenvalue weighted by Gasteiger charge is -2.23. The highest BCUT2D eigenvalue weighted by atomic mass is 32.2. The smallest absolute Gasteiger partial charge is 0.309 e. The second-order valence-corrected chi connectivity index (χ2v) is 15.2. The maximum absolute atomic E-state index is 14.6. The van der Waals surface area contributed by atoms with E-state index in [0.717, 1.165) is 6.20 Å². The first-order chi connectivity index (χ1) is 22.1. The molecule has 9 nitrogen and oxygen atoms in total. The van der Waals surface area contributed by atoms with Crippen molar-refractivity contribution < 1.29 is 32.2 Å². The van der Waals surface area contributed by atoms with Gasteiger partial charge in [0.2, 0.25) is 15.7 Å². The maximum atomic E-state index is 14.6. The second kappa shape index (κ2) is 12.7. The van der Waals surface area contributed by atoms with Gasteiger partial charge >= 0.3 is 5.97 Å². The zero-order valence-electron chi connectivity index (χ0n) is 26.8. The van der Waals surface area contributed by atoms with Crippen molar-refractivity contribution in [2.45, 2.75) is 63.9 Å². The van der Waals surface area contributed by atoms with Crippen LogP contribution in [-0.2, 0) is 27.7 Å². The maximum Gasteiger partial charge on any atom is 0.309 e. The van der Waals surface area contributed by atoms with Crippen molar-refractivity contribution in [3.05, 3.63) is 102 Å². The molecule has 244 valence electrons. The number of fused-ring (bicyclic) bond motifs is 1. The molecule has 3 heterocycles. The Morgan fingerprint density at radius 1 is 0.936 bits per heavy atom. The molecule has 0 aliphatic heterocycles. The standard InChI is InChI=1S/C36H36FN3O6S/c1-35(2,3)20-32(41)40-30-18-26(46-22-25-8-6-7-17-38-25)12-15-28(30)33(31(40)19-36(4,5)34(42)43)47(44,45)27-13-9-23(10-14-27)29-16-11-24(37)21-39-29/h6-18,21H,19-20,22H2,1-5H3,(H,42,43). The molecule has 0 unspecified atom stereocenters. The summed E-state index contributed by atoms with van der Waals surface area (Å²) >= 11 is 0. The van der Waals surface area contributed by atoms with Gasteiger partial charge < -0.3 is 9.84 Å². The SMILES string of the molecule is CC(C)(C)CC(=O)n1c(CC(C)(C)C(=O)O)c(S(=O)(=O)c2ccc(-c3ccc(F)cn3)cc2)c2ccc(OCc3ccccn3)cc21. The Morgan fingerprint density at radius 3 is 2.26 bits per heavy atom. The number of carbonyl (C=O) groups excluding carboxylic acids is 1. The Morgan fingerprint density at radius 2 is 1.66 bits per heavy atom. The Hall–Kier alpha value is -4.90. The van der Waals surface area contributed by atoms with E-state index in [4.69, 9.17) is 4.74 Å². The summed E-state index contributed by atoms with van der Waals surface area (Å²) in [6.45, 7) is 8.82. The lowest BCUT2D eigenvalue weighted by atomic mass is 9.87. The van der Waals surface area contributed by atoms with Gasteiger partial charge in [0.05, 0.1) is 33.4 Å². The van der Waals surface area contributed by atoms with Crippen LogP contribution in [0.4, 0.5) is 4.39 Å². The Bertz CT molecular complexity index is 2050. The summed E-state index contributed by atoms with van der Waals surface area (Å²) in [5.41, 5.74) is 0.208. The summed E-state index contributed by atoms with van der Waals surface area (Å²) in [6.07, 6.45) is 2.54. The van der Waals surface area contributed by atoms with Gasteiger partial charge in [0.25, 0.3) is 0 Å². The molecule has 0 saturated carbocycles. The fourth-order valence-electron chi connectivity index (χ4n) is 5.26. The van der Waals surface area contributed by atoms with Crippen molar-refractivity contribution in [1.82, 2.24) is 14.5 Å². The summed E-state index contributed by atoms with van der Waals surface area (Å²) in [5.74, 6) is -1.63. The molecule has 2 aromatic carbocycles. The van der Waals surface area contributed by atoms with Crippen LogP contribution < -0.4 is 4.74 Å². The van der Waals surface area contributed by atoms with Crippen molar-refractivity contribution in [3.63, 3.8) is 0 Å². The zero-order chi connectivity index (χ0) is 34.1. The van der Waals surface area contributed by atoms with Crippen LogP contribution in [0.5, 0.6) is 5.75 Å². The molecule has 0 saturated heterocycles. The predicted molar refractivity (Wildman–Crippen MR) is 175 cm³/mol. The summed E-state index contributed by atoms with van der Waals surface area (Å²) in [4.78, 5) is 34.6. The van der Waals surface area contributed by atoms with Crippen LogP contribution in [-0.4, -0.2) is 39.9 Å². The fourth-order valence-corrected chi connectivity index (χ4v) is 6.93. The monoisotopic (exact) mass is 657 g/mol. The molecule has 47 heavy (non-hydrogen) atoms. The average Bonchev–Trinajstić information content (AvgIpc) is 3.33. The summed E-state index contributed by atoms with van der Waals surface area (Å²) in [5, 5.41) is 10.3. The van der Waals surface area contributed by atoms with E-state index in [1.54, 1.807) is 42.6 Å². The highest BCUT2D eigenvalue weighted by molar-refractivity contribution is 7.91. The Balaban J connectivity index is 1.71. The summed E-state index contributed by atoms with van der Waals surface area (Å²) in [7, 11) is -4.32. The number of carboxylic acid groups (broad SMARTS) is 1. The minimum atomic E-state index is -4.32. The van der Waals surface area contributed by atoms with Crippen LogP contribution in [0.3, 0.4) is 0 Å².